The van der Waals surface area contributed by atoms with E-state index in [0.717, 1.165) is 18.4 Å². The van der Waals surface area contributed by atoms with Gasteiger partial charge in [-0.25, -0.2) is 5.01 Å². The second-order valence-electron chi connectivity index (χ2n) is 6.57. The van der Waals surface area contributed by atoms with E-state index in [4.69, 9.17) is 4.52 Å². The molecule has 2 heterocycles. The monoisotopic (exact) mass is 356 g/mol. The fraction of sp³-hybridized carbons (Fsp3) is 0.412. The van der Waals surface area contributed by atoms with Gasteiger partial charge in [-0.15, -0.1) is 0 Å². The molecule has 9 nitrogen and oxygen atoms in total. The highest BCUT2D eigenvalue weighted by molar-refractivity contribution is 5.93. The number of nitrogens with one attached hydrogen (secondary N) is 1. The van der Waals surface area contributed by atoms with Gasteiger partial charge in [0.1, 0.15) is 12.9 Å². The highest BCUT2D eigenvalue weighted by Crippen LogP contribution is 2.29. The van der Waals surface area contributed by atoms with Crippen molar-refractivity contribution < 1.29 is 14.4 Å². The van der Waals surface area contributed by atoms with Crippen LogP contribution in [0.4, 0.5) is 0 Å². The Morgan fingerprint density at radius 2 is 2.08 bits per heavy atom. The molecule has 0 saturated heterocycles. The Kier molecular flexibility index (Phi) is 4.29. The van der Waals surface area contributed by atoms with Crippen LogP contribution in [-0.4, -0.2) is 51.2 Å². The van der Waals surface area contributed by atoms with Gasteiger partial charge < -0.3 is 14.9 Å². The number of amides is 1. The summed E-state index contributed by atoms with van der Waals surface area (Å²) in [6.07, 6.45) is 0.897. The average Bonchev–Trinajstić information content (AvgIpc) is 3.28. The van der Waals surface area contributed by atoms with Crippen LogP contribution in [0.5, 0.6) is 0 Å². The number of aliphatic hydroxyl groups is 1. The zero-order chi connectivity index (χ0) is 18.1. The van der Waals surface area contributed by atoms with Crippen LogP contribution in [0.25, 0.3) is 11.3 Å². The number of benzene rings is 1. The maximum absolute atomic E-state index is 12.3. The van der Waals surface area contributed by atoms with Gasteiger partial charge in [0, 0.05) is 17.7 Å². The molecule has 0 spiro atoms. The van der Waals surface area contributed by atoms with Gasteiger partial charge in [-0.3, -0.25) is 9.80 Å². The van der Waals surface area contributed by atoms with Crippen molar-refractivity contribution in [3.63, 3.8) is 0 Å². The van der Waals surface area contributed by atoms with Crippen molar-refractivity contribution in [2.75, 3.05) is 6.67 Å². The van der Waals surface area contributed by atoms with Crippen molar-refractivity contribution in [3.05, 3.63) is 42.1 Å². The van der Waals surface area contributed by atoms with Gasteiger partial charge in [-0.05, 0) is 25.0 Å². The first-order valence-electron chi connectivity index (χ1n) is 8.56. The Labute approximate surface area is 150 Å². The first-order valence-corrected chi connectivity index (χ1v) is 8.56. The smallest absolute Gasteiger partial charge is 0.273 e. The van der Waals surface area contributed by atoms with Crippen molar-refractivity contribution in [2.24, 2.45) is 10.4 Å². The third-order valence-corrected chi connectivity index (χ3v) is 4.66. The molecule has 1 amide bonds. The highest BCUT2D eigenvalue weighted by Gasteiger charge is 2.37. The van der Waals surface area contributed by atoms with Crippen molar-refractivity contribution in [3.8, 4) is 11.3 Å². The van der Waals surface area contributed by atoms with E-state index in [1.807, 2.05) is 35.3 Å². The van der Waals surface area contributed by atoms with E-state index in [-0.39, 0.29) is 23.7 Å². The van der Waals surface area contributed by atoms with Crippen molar-refractivity contribution >= 4 is 5.91 Å². The van der Waals surface area contributed by atoms with Crippen LogP contribution in [0.2, 0.25) is 0 Å². The van der Waals surface area contributed by atoms with E-state index in [1.165, 1.54) is 5.01 Å². The van der Waals surface area contributed by atoms with Gasteiger partial charge >= 0.3 is 0 Å². The van der Waals surface area contributed by atoms with Crippen LogP contribution in [0.1, 0.15) is 30.3 Å². The Hall–Kier alpha value is -2.94. The number of hydrogen-bond donors (Lipinski definition) is 2. The molecule has 2 aromatic rings. The first kappa shape index (κ1) is 16.5. The number of nitrogens with zero attached hydrogens (tertiary/aromatic N) is 5. The van der Waals surface area contributed by atoms with Gasteiger partial charge in [0.2, 0.25) is 0 Å². The zero-order valence-electron chi connectivity index (χ0n) is 14.3. The maximum atomic E-state index is 12.3. The third kappa shape index (κ3) is 3.25. The lowest BCUT2D eigenvalue weighted by molar-refractivity contribution is -0.00460. The average molecular weight is 356 g/mol. The summed E-state index contributed by atoms with van der Waals surface area (Å²) in [5.41, 5.74) is 1.15. The Morgan fingerprint density at radius 3 is 2.77 bits per heavy atom. The fourth-order valence-corrected chi connectivity index (χ4v) is 3.02. The number of carbonyl (C=O) groups excluding carboxylic acids is 1. The van der Waals surface area contributed by atoms with Gasteiger partial charge in [-0.2, -0.15) is 0 Å². The maximum Gasteiger partial charge on any atom is 0.273 e. The molecular formula is C17H20N6O3. The van der Waals surface area contributed by atoms with Crippen molar-refractivity contribution in [1.29, 1.82) is 0 Å². The van der Waals surface area contributed by atoms with Gasteiger partial charge in [0.25, 0.3) is 5.91 Å². The Morgan fingerprint density at radius 1 is 1.31 bits per heavy atom. The minimum Gasteiger partial charge on any atom is -0.372 e. The second kappa shape index (κ2) is 6.75. The van der Waals surface area contributed by atoms with E-state index >= 15 is 0 Å². The number of rotatable bonds is 5. The van der Waals surface area contributed by atoms with Crippen molar-refractivity contribution in [1.82, 2.24) is 20.5 Å². The summed E-state index contributed by atoms with van der Waals surface area (Å²) in [6.45, 7) is 2.11. The summed E-state index contributed by atoms with van der Waals surface area (Å²) in [6, 6.07) is 11.5. The molecule has 0 bridgehead atoms. The Balaban J connectivity index is 1.28. The molecule has 9 heteroatoms. The van der Waals surface area contributed by atoms with E-state index in [1.54, 1.807) is 13.0 Å². The molecule has 136 valence electrons. The second-order valence-corrected chi connectivity index (χ2v) is 6.57. The van der Waals surface area contributed by atoms with Gasteiger partial charge in [0.05, 0.1) is 6.04 Å². The summed E-state index contributed by atoms with van der Waals surface area (Å²) in [4.78, 5) is 12.3. The van der Waals surface area contributed by atoms with Crippen LogP contribution in [0.15, 0.2) is 51.4 Å². The molecule has 26 heavy (non-hydrogen) atoms. The molecule has 1 saturated carbocycles. The topological polar surface area (TPSA) is 107 Å². The molecule has 4 rings (SSSR count). The number of hydrogen-bond acceptors (Lipinski definition) is 8. The summed E-state index contributed by atoms with van der Waals surface area (Å²) >= 11 is 0. The molecule has 2 N–H and O–H groups in total. The van der Waals surface area contributed by atoms with Crippen LogP contribution in [0, 0.1) is 0 Å². The quantitative estimate of drug-likeness (QED) is 0.846. The van der Waals surface area contributed by atoms with E-state index in [9.17, 15) is 9.90 Å². The predicted molar refractivity (Wildman–Crippen MR) is 91.3 cm³/mol. The zero-order valence-corrected chi connectivity index (χ0v) is 14.3. The first-order chi connectivity index (χ1) is 12.6. The largest absolute Gasteiger partial charge is 0.372 e. The van der Waals surface area contributed by atoms with Gasteiger partial charge in [-0.1, -0.05) is 40.7 Å². The number of carbonyl (C=O) groups is 1. The van der Waals surface area contributed by atoms with E-state index < -0.39 is 6.23 Å². The normalized spacial score (nSPS) is 23.0. The lowest BCUT2D eigenvalue weighted by Crippen LogP contribution is -2.53. The highest BCUT2D eigenvalue weighted by atomic mass is 16.5. The van der Waals surface area contributed by atoms with Crippen LogP contribution < -0.4 is 5.32 Å². The molecule has 1 fully saturated rings. The summed E-state index contributed by atoms with van der Waals surface area (Å²) in [5, 5.41) is 27.6. The molecule has 1 aromatic heterocycles. The van der Waals surface area contributed by atoms with Crippen LogP contribution in [-0.2, 0) is 0 Å². The summed E-state index contributed by atoms with van der Waals surface area (Å²) in [5.74, 6) is 0.325. The minimum absolute atomic E-state index is 0.0696. The molecule has 1 aliphatic heterocycles. The van der Waals surface area contributed by atoms with Crippen LogP contribution in [0.3, 0.4) is 0 Å². The molecule has 0 radical (unpaired) electrons. The lowest BCUT2D eigenvalue weighted by atomic mass is 9.86. The fourth-order valence-electron chi connectivity index (χ4n) is 3.02. The van der Waals surface area contributed by atoms with Crippen LogP contribution >= 0.6 is 0 Å². The molecule has 1 atom stereocenters. The standard InChI is InChI=1S/C17H20N6O3/c1-11(24)22-10-23(21-20-22)14-7-13(8-14)18-17(25)15-9-16(26-19-15)12-5-3-2-4-6-12/h2-6,9,11,13-14,24H,7-8,10H2,1H3,(H,18,25)/t11?,13-,14+. The molecular weight excluding hydrogens is 336 g/mol. The van der Waals surface area contributed by atoms with E-state index in [0.29, 0.717) is 12.4 Å². The SMILES string of the molecule is CC(O)N1CN([C@H]2C[C@@H](NC(=O)c3cc(-c4ccccc4)on3)C2)N=N1. The molecule has 1 aromatic carbocycles. The molecule has 1 unspecified atom stereocenters. The minimum atomic E-state index is -0.662. The lowest BCUT2D eigenvalue weighted by Gasteiger charge is -2.39. The van der Waals surface area contributed by atoms with Gasteiger partial charge in [0.15, 0.2) is 11.5 Å². The number of aliphatic hydroxyl groups excluding tert-OH is 1. The molecule has 2 aliphatic rings. The Bertz CT molecular complexity index is 800. The van der Waals surface area contributed by atoms with E-state index in [2.05, 4.69) is 20.9 Å². The molecule has 1 aliphatic carbocycles. The predicted octanol–water partition coefficient (Wildman–Crippen LogP) is 1.80. The summed E-state index contributed by atoms with van der Waals surface area (Å²) in [7, 11) is 0. The van der Waals surface area contributed by atoms with Crippen molar-refractivity contribution in [2.45, 2.75) is 38.1 Å². The number of aromatic nitrogens is 1. The third-order valence-electron chi connectivity index (χ3n) is 4.66. The summed E-state index contributed by atoms with van der Waals surface area (Å²) < 4.78 is 5.27.